The van der Waals surface area contributed by atoms with Crippen LogP contribution in [0.4, 0.5) is 10.5 Å². The third kappa shape index (κ3) is 4.84. The van der Waals surface area contributed by atoms with Crippen molar-refractivity contribution in [2.75, 3.05) is 26.0 Å². The largest absolute Gasteiger partial charge is 0.384 e. The monoisotopic (exact) mass is 367 g/mol. The maximum atomic E-state index is 12.4. The maximum Gasteiger partial charge on any atom is 0.323 e. The quantitative estimate of drug-likeness (QED) is 0.558. The van der Waals surface area contributed by atoms with Crippen LogP contribution in [0.15, 0.2) is 42.5 Å². The zero-order chi connectivity index (χ0) is 20.1. The number of aryl methyl sites for hydroxylation is 1. The van der Waals surface area contributed by atoms with Crippen molar-refractivity contribution in [3.63, 3.8) is 0 Å². The second-order valence-electron chi connectivity index (χ2n) is 6.55. The fourth-order valence-corrected chi connectivity index (χ4v) is 2.66. The molecule has 0 radical (unpaired) electrons. The van der Waals surface area contributed by atoms with Crippen molar-refractivity contribution in [1.82, 2.24) is 10.2 Å². The Morgan fingerprint density at radius 2 is 1.78 bits per heavy atom. The molecule has 2 aromatic rings. The number of nitrogen functional groups attached to an aromatic ring is 1. The lowest BCUT2D eigenvalue weighted by atomic mass is 10.1. The van der Waals surface area contributed by atoms with E-state index in [-0.39, 0.29) is 24.3 Å². The van der Waals surface area contributed by atoms with Crippen LogP contribution in [0.3, 0.4) is 0 Å². The zero-order valence-electron chi connectivity index (χ0n) is 16.0. The van der Waals surface area contributed by atoms with Gasteiger partial charge in [0.05, 0.1) is 5.69 Å². The van der Waals surface area contributed by atoms with Crippen molar-refractivity contribution in [2.45, 2.75) is 13.5 Å². The number of nitrogens with zero attached hydrogens (tertiary/aromatic N) is 2. The molecule has 0 spiro atoms. The van der Waals surface area contributed by atoms with Gasteiger partial charge in [0.25, 0.3) is 5.91 Å². The van der Waals surface area contributed by atoms with Crippen molar-refractivity contribution in [1.29, 1.82) is 5.41 Å². The number of amidine groups is 1. The van der Waals surface area contributed by atoms with Gasteiger partial charge in [-0.3, -0.25) is 15.1 Å². The van der Waals surface area contributed by atoms with E-state index >= 15 is 0 Å². The average molecular weight is 367 g/mol. The fraction of sp³-hybridized carbons (Fsp3) is 0.250. The summed E-state index contributed by atoms with van der Waals surface area (Å²) in [6.45, 7) is 2.17. The van der Waals surface area contributed by atoms with Crippen LogP contribution >= 0.6 is 0 Å². The molecule has 0 aromatic heterocycles. The third-order valence-corrected chi connectivity index (χ3v) is 4.15. The number of hydrogen-bond acceptors (Lipinski definition) is 3. The molecule has 7 heteroatoms. The van der Waals surface area contributed by atoms with E-state index < -0.39 is 0 Å². The van der Waals surface area contributed by atoms with Gasteiger partial charge in [-0.1, -0.05) is 29.8 Å². The Balaban J connectivity index is 2.28. The number of benzene rings is 2. The predicted molar refractivity (Wildman–Crippen MR) is 107 cm³/mol. The van der Waals surface area contributed by atoms with Crippen LogP contribution in [0.2, 0.25) is 0 Å². The lowest BCUT2D eigenvalue weighted by molar-refractivity contribution is 0.0951. The predicted octanol–water partition coefficient (Wildman–Crippen LogP) is 2.33. The van der Waals surface area contributed by atoms with E-state index in [1.165, 1.54) is 9.80 Å². The first-order valence-electron chi connectivity index (χ1n) is 8.48. The van der Waals surface area contributed by atoms with Crippen molar-refractivity contribution in [3.05, 3.63) is 64.7 Å². The highest BCUT2D eigenvalue weighted by Gasteiger charge is 2.18. The molecule has 2 rings (SSSR count). The molecule has 3 amide bonds. The van der Waals surface area contributed by atoms with E-state index in [9.17, 15) is 9.59 Å². The van der Waals surface area contributed by atoms with Crippen LogP contribution in [0.5, 0.6) is 0 Å². The molecule has 0 saturated heterocycles. The summed E-state index contributed by atoms with van der Waals surface area (Å²) in [4.78, 5) is 27.7. The molecule has 0 bridgehead atoms. The Morgan fingerprint density at radius 1 is 1.07 bits per heavy atom. The van der Waals surface area contributed by atoms with Crippen LogP contribution in [0, 0.1) is 12.3 Å². The van der Waals surface area contributed by atoms with Gasteiger partial charge in [0.2, 0.25) is 0 Å². The standard InChI is InChI=1S/C20H25N5O2/c1-13-6-5-7-15(10-13)19(26)23-12-16-9-8-14(18(21)22)11-17(16)25(4)20(27)24(2)3/h5-11H,12H2,1-4H3,(H3,21,22)(H,23,26). The minimum atomic E-state index is -0.220. The minimum Gasteiger partial charge on any atom is -0.384 e. The summed E-state index contributed by atoms with van der Waals surface area (Å²) in [6.07, 6.45) is 0. The minimum absolute atomic E-state index is 0.0858. The first-order valence-corrected chi connectivity index (χ1v) is 8.48. The number of carbonyl (C=O) groups is 2. The summed E-state index contributed by atoms with van der Waals surface area (Å²) >= 11 is 0. The van der Waals surface area contributed by atoms with Gasteiger partial charge in [-0.25, -0.2) is 4.79 Å². The number of nitrogens with two attached hydrogens (primary N) is 1. The van der Waals surface area contributed by atoms with Crippen molar-refractivity contribution >= 4 is 23.5 Å². The summed E-state index contributed by atoms with van der Waals surface area (Å²) < 4.78 is 0. The van der Waals surface area contributed by atoms with Gasteiger partial charge in [-0.05, 0) is 30.7 Å². The molecule has 2 aromatic carbocycles. The Labute approximate surface area is 159 Å². The van der Waals surface area contributed by atoms with Gasteiger partial charge >= 0.3 is 6.03 Å². The SMILES string of the molecule is Cc1cccc(C(=O)NCc2ccc(C(=N)N)cc2N(C)C(=O)N(C)C)c1. The molecule has 27 heavy (non-hydrogen) atoms. The van der Waals surface area contributed by atoms with Crippen LogP contribution < -0.4 is 16.0 Å². The van der Waals surface area contributed by atoms with Crippen molar-refractivity contribution < 1.29 is 9.59 Å². The Hall–Kier alpha value is -3.35. The van der Waals surface area contributed by atoms with E-state index in [0.29, 0.717) is 16.8 Å². The summed E-state index contributed by atoms with van der Waals surface area (Å²) in [5.74, 6) is -0.279. The van der Waals surface area contributed by atoms with Crippen LogP contribution in [0.25, 0.3) is 0 Å². The van der Waals surface area contributed by atoms with Crippen LogP contribution in [-0.4, -0.2) is 43.8 Å². The van der Waals surface area contributed by atoms with Gasteiger partial charge in [0.15, 0.2) is 0 Å². The second-order valence-corrected chi connectivity index (χ2v) is 6.55. The summed E-state index contributed by atoms with van der Waals surface area (Å²) in [7, 11) is 4.97. The molecule has 0 atom stereocenters. The number of rotatable bonds is 5. The zero-order valence-corrected chi connectivity index (χ0v) is 16.0. The number of anilines is 1. The number of amides is 3. The Kier molecular flexibility index (Phi) is 6.18. The first kappa shape index (κ1) is 20.0. The molecule has 0 unspecified atom stereocenters. The molecule has 0 aliphatic rings. The average Bonchev–Trinajstić information content (AvgIpc) is 2.64. The molecule has 0 heterocycles. The maximum absolute atomic E-state index is 12.4. The van der Waals surface area contributed by atoms with E-state index in [1.54, 1.807) is 45.4 Å². The molecule has 0 fully saturated rings. The van der Waals surface area contributed by atoms with E-state index in [1.807, 2.05) is 25.1 Å². The van der Waals surface area contributed by atoms with Gasteiger partial charge in [0, 0.05) is 38.8 Å². The first-order chi connectivity index (χ1) is 12.7. The van der Waals surface area contributed by atoms with E-state index in [4.69, 9.17) is 11.1 Å². The smallest absolute Gasteiger partial charge is 0.323 e. The molecule has 4 N–H and O–H groups in total. The summed E-state index contributed by atoms with van der Waals surface area (Å²) in [5.41, 5.74) is 9.01. The molecule has 0 saturated carbocycles. The molecular formula is C20H25N5O2. The summed E-state index contributed by atoms with van der Waals surface area (Å²) in [5, 5.41) is 10.5. The number of hydrogen-bond donors (Lipinski definition) is 3. The third-order valence-electron chi connectivity index (χ3n) is 4.15. The topological polar surface area (TPSA) is 103 Å². The van der Waals surface area contributed by atoms with E-state index in [2.05, 4.69) is 5.32 Å². The highest BCUT2D eigenvalue weighted by Crippen LogP contribution is 2.22. The Bertz CT molecular complexity index is 876. The summed E-state index contributed by atoms with van der Waals surface area (Å²) in [6, 6.07) is 12.3. The van der Waals surface area contributed by atoms with Gasteiger partial charge in [-0.15, -0.1) is 0 Å². The number of nitrogens with one attached hydrogen (secondary N) is 2. The van der Waals surface area contributed by atoms with Gasteiger partial charge in [0.1, 0.15) is 5.84 Å². The fourth-order valence-electron chi connectivity index (χ4n) is 2.66. The second kappa shape index (κ2) is 8.35. The number of carbonyl (C=O) groups excluding carboxylic acids is 2. The number of urea groups is 1. The molecular weight excluding hydrogens is 342 g/mol. The molecule has 142 valence electrons. The van der Waals surface area contributed by atoms with Crippen LogP contribution in [0.1, 0.15) is 27.0 Å². The lowest BCUT2D eigenvalue weighted by Gasteiger charge is -2.25. The Morgan fingerprint density at radius 3 is 2.37 bits per heavy atom. The van der Waals surface area contributed by atoms with Crippen molar-refractivity contribution in [3.8, 4) is 0 Å². The highest BCUT2D eigenvalue weighted by molar-refractivity contribution is 5.99. The normalized spacial score (nSPS) is 10.2. The van der Waals surface area contributed by atoms with Gasteiger partial charge in [-0.2, -0.15) is 0 Å². The lowest BCUT2D eigenvalue weighted by Crippen LogP contribution is -2.37. The van der Waals surface area contributed by atoms with Crippen molar-refractivity contribution in [2.24, 2.45) is 5.73 Å². The molecule has 0 aliphatic heterocycles. The molecule has 0 aliphatic carbocycles. The van der Waals surface area contributed by atoms with Gasteiger partial charge < -0.3 is 16.0 Å². The molecule has 7 nitrogen and oxygen atoms in total. The van der Waals surface area contributed by atoms with E-state index in [0.717, 1.165) is 11.1 Å². The van der Waals surface area contributed by atoms with Crippen LogP contribution in [-0.2, 0) is 6.54 Å². The highest BCUT2D eigenvalue weighted by atomic mass is 16.2.